The van der Waals surface area contributed by atoms with Crippen molar-refractivity contribution >= 4 is 46.7 Å². The summed E-state index contributed by atoms with van der Waals surface area (Å²) in [6.07, 6.45) is 7.14. The highest BCUT2D eigenvalue weighted by Crippen LogP contribution is 2.50. The second kappa shape index (κ2) is 14.0. The zero-order valence-electron chi connectivity index (χ0n) is 26.5. The molecular formula is C35H45Cl2N3O4. The summed E-state index contributed by atoms with van der Waals surface area (Å²) in [4.78, 5) is 45.6. The van der Waals surface area contributed by atoms with E-state index in [2.05, 4.69) is 33.0 Å². The number of aliphatic carboxylic acids is 1. The van der Waals surface area contributed by atoms with Crippen molar-refractivity contribution in [2.45, 2.75) is 104 Å². The summed E-state index contributed by atoms with van der Waals surface area (Å²) in [6.45, 7) is 11.0. The molecule has 2 aliphatic rings. The molecule has 2 amide bonds. The van der Waals surface area contributed by atoms with E-state index in [-0.39, 0.29) is 36.2 Å². The first-order valence-electron chi connectivity index (χ1n) is 15.8. The van der Waals surface area contributed by atoms with E-state index in [0.29, 0.717) is 32.8 Å². The average molecular weight is 643 g/mol. The van der Waals surface area contributed by atoms with Crippen molar-refractivity contribution in [3.05, 3.63) is 68.7 Å². The number of rotatable bonds is 11. The second-order valence-corrected chi connectivity index (χ2v) is 14.3. The van der Waals surface area contributed by atoms with Crippen molar-refractivity contribution in [2.24, 2.45) is 16.3 Å². The third-order valence-electron chi connectivity index (χ3n) is 9.25. The Morgan fingerprint density at radius 3 is 2.32 bits per heavy atom. The van der Waals surface area contributed by atoms with Crippen LogP contribution in [0, 0.1) is 18.3 Å². The maximum absolute atomic E-state index is 14.6. The van der Waals surface area contributed by atoms with Crippen molar-refractivity contribution in [1.82, 2.24) is 10.2 Å². The van der Waals surface area contributed by atoms with Gasteiger partial charge >= 0.3 is 5.97 Å². The van der Waals surface area contributed by atoms with Crippen LogP contribution >= 0.6 is 23.2 Å². The molecule has 44 heavy (non-hydrogen) atoms. The highest BCUT2D eigenvalue weighted by molar-refractivity contribution is 6.47. The Morgan fingerprint density at radius 2 is 1.75 bits per heavy atom. The molecule has 1 atom stereocenters. The molecule has 2 N–H and O–H groups in total. The van der Waals surface area contributed by atoms with E-state index in [1.165, 1.54) is 0 Å². The lowest BCUT2D eigenvalue weighted by atomic mass is 9.69. The van der Waals surface area contributed by atoms with Gasteiger partial charge in [0, 0.05) is 27.7 Å². The molecule has 0 unspecified atom stereocenters. The molecule has 4 rings (SSSR count). The van der Waals surface area contributed by atoms with Crippen molar-refractivity contribution < 1.29 is 19.5 Å². The Morgan fingerprint density at radius 1 is 1.09 bits per heavy atom. The lowest BCUT2D eigenvalue weighted by molar-refractivity contribution is -0.137. The molecule has 238 valence electrons. The molecule has 7 nitrogen and oxygen atoms in total. The number of carboxylic acids is 1. The third kappa shape index (κ3) is 7.66. The van der Waals surface area contributed by atoms with E-state index in [0.717, 1.165) is 62.5 Å². The van der Waals surface area contributed by atoms with Gasteiger partial charge in [-0.1, -0.05) is 76.2 Å². The minimum absolute atomic E-state index is 0.0581. The fourth-order valence-electron chi connectivity index (χ4n) is 6.81. The molecule has 0 bridgehead atoms. The third-order valence-corrected chi connectivity index (χ3v) is 9.68. The van der Waals surface area contributed by atoms with E-state index < -0.39 is 11.6 Å². The predicted octanol–water partition coefficient (Wildman–Crippen LogP) is 8.39. The number of carbonyl (C=O) groups is 3. The Hall–Kier alpha value is -2.90. The van der Waals surface area contributed by atoms with Crippen LogP contribution in [-0.4, -0.2) is 45.7 Å². The Balaban J connectivity index is 1.76. The van der Waals surface area contributed by atoms with Gasteiger partial charge in [-0.3, -0.25) is 19.4 Å². The zero-order chi connectivity index (χ0) is 32.2. The normalized spacial score (nSPS) is 21.0. The Labute approximate surface area is 271 Å². The summed E-state index contributed by atoms with van der Waals surface area (Å²) in [7, 11) is 0. The van der Waals surface area contributed by atoms with Gasteiger partial charge in [0.2, 0.25) is 0 Å². The number of carboxylic acid groups (broad SMARTS) is 1. The highest BCUT2D eigenvalue weighted by atomic mass is 35.5. The monoisotopic (exact) mass is 641 g/mol. The van der Waals surface area contributed by atoms with Gasteiger partial charge in [0.25, 0.3) is 11.8 Å². The van der Waals surface area contributed by atoms with Gasteiger partial charge in [-0.05, 0) is 91.8 Å². The largest absolute Gasteiger partial charge is 0.481 e. The standard InChI is InChI=1S/C35H45Cl2N3O4/c1-6-7-8-9-29(28-11-10-23(18-22(28)2)32(43)38-17-14-30(41)42)40-33(44)31(24-19-26(36)21-27(37)20-24)39-35(40)15-12-25(13-16-35)34(3,4)5/h10-11,18-21,25,29H,6-9,12-17H2,1-5H3,(H,38,43)(H,41,42)/t25?,29-,35?/m1/s1. The van der Waals surface area contributed by atoms with E-state index in [1.807, 2.05) is 24.0 Å². The smallest absolute Gasteiger partial charge is 0.305 e. The van der Waals surface area contributed by atoms with Crippen molar-refractivity contribution in [3.8, 4) is 0 Å². The minimum Gasteiger partial charge on any atom is -0.481 e. The van der Waals surface area contributed by atoms with E-state index in [1.54, 1.807) is 24.3 Å². The molecule has 0 aromatic heterocycles. The number of halogens is 2. The molecule has 2 aromatic rings. The molecule has 9 heteroatoms. The molecule has 1 fully saturated rings. The van der Waals surface area contributed by atoms with Gasteiger partial charge in [0.15, 0.2) is 0 Å². The summed E-state index contributed by atoms with van der Waals surface area (Å²) in [5.41, 5.74) is 2.88. The van der Waals surface area contributed by atoms with E-state index in [4.69, 9.17) is 33.3 Å². The van der Waals surface area contributed by atoms with Crippen LogP contribution in [0.15, 0.2) is 41.4 Å². The Kier molecular flexibility index (Phi) is 10.8. The number of carbonyl (C=O) groups excluding carboxylic acids is 2. The lowest BCUT2D eigenvalue weighted by Crippen LogP contribution is -2.51. The zero-order valence-corrected chi connectivity index (χ0v) is 28.0. The molecule has 1 heterocycles. The number of amides is 2. The predicted molar refractivity (Wildman–Crippen MR) is 177 cm³/mol. The Bertz CT molecular complexity index is 1400. The summed E-state index contributed by atoms with van der Waals surface area (Å²) in [6, 6.07) is 10.5. The molecular weight excluding hydrogens is 597 g/mol. The van der Waals surface area contributed by atoms with Gasteiger partial charge < -0.3 is 15.3 Å². The van der Waals surface area contributed by atoms with Crippen LogP contribution in [0.2, 0.25) is 10.0 Å². The summed E-state index contributed by atoms with van der Waals surface area (Å²) < 4.78 is 0. The minimum atomic E-state index is -0.964. The van der Waals surface area contributed by atoms with Gasteiger partial charge in [0.1, 0.15) is 11.4 Å². The maximum atomic E-state index is 14.6. The number of aliphatic imine (C=N–C) groups is 1. The van der Waals surface area contributed by atoms with Gasteiger partial charge in [-0.2, -0.15) is 0 Å². The van der Waals surface area contributed by atoms with Crippen molar-refractivity contribution in [2.75, 3.05) is 6.54 Å². The summed E-state index contributed by atoms with van der Waals surface area (Å²) >= 11 is 12.8. The van der Waals surface area contributed by atoms with Gasteiger partial charge in [0.05, 0.1) is 12.5 Å². The van der Waals surface area contributed by atoms with Crippen LogP contribution in [0.1, 0.15) is 119 Å². The second-order valence-electron chi connectivity index (χ2n) is 13.4. The summed E-state index contributed by atoms with van der Waals surface area (Å²) in [5, 5.41) is 12.5. The lowest BCUT2D eigenvalue weighted by Gasteiger charge is -2.47. The fourth-order valence-corrected chi connectivity index (χ4v) is 7.34. The first-order valence-corrected chi connectivity index (χ1v) is 16.5. The number of nitrogens with one attached hydrogen (secondary N) is 1. The van der Waals surface area contributed by atoms with Crippen LogP contribution < -0.4 is 5.32 Å². The van der Waals surface area contributed by atoms with Crippen LogP contribution in [-0.2, 0) is 9.59 Å². The molecule has 0 saturated heterocycles. The maximum Gasteiger partial charge on any atom is 0.305 e. The van der Waals surface area contributed by atoms with E-state index >= 15 is 0 Å². The highest BCUT2D eigenvalue weighted by Gasteiger charge is 2.52. The van der Waals surface area contributed by atoms with Crippen molar-refractivity contribution in [3.63, 3.8) is 0 Å². The number of benzene rings is 2. The molecule has 1 spiro atoms. The molecule has 1 saturated carbocycles. The van der Waals surface area contributed by atoms with Crippen molar-refractivity contribution in [1.29, 1.82) is 0 Å². The topological polar surface area (TPSA) is 99.1 Å². The average Bonchev–Trinajstić information content (AvgIpc) is 3.21. The molecule has 1 aliphatic carbocycles. The summed E-state index contributed by atoms with van der Waals surface area (Å²) in [5.74, 6) is -0.867. The first-order chi connectivity index (χ1) is 20.8. The quantitative estimate of drug-likeness (QED) is 0.241. The number of nitrogens with zero attached hydrogens (tertiary/aromatic N) is 2. The van der Waals surface area contributed by atoms with Gasteiger partial charge in [-0.15, -0.1) is 0 Å². The van der Waals surface area contributed by atoms with Gasteiger partial charge in [-0.25, -0.2) is 0 Å². The number of unbranched alkanes of at least 4 members (excludes halogenated alkanes) is 2. The number of hydrogen-bond donors (Lipinski definition) is 2. The van der Waals surface area contributed by atoms with E-state index in [9.17, 15) is 14.4 Å². The fraction of sp³-hybridized carbons (Fsp3) is 0.543. The number of aryl methyl sites for hydroxylation is 1. The number of hydrogen-bond acceptors (Lipinski definition) is 4. The SMILES string of the molecule is CCCCC[C@H](c1ccc(C(=O)NCCC(=O)O)cc1C)N1C(=O)C(c2cc(Cl)cc(Cl)c2)=NC12CCC(C(C)(C)C)CC2. The molecule has 1 aliphatic heterocycles. The molecule has 0 radical (unpaired) electrons. The van der Waals surface area contributed by atoms with Crippen LogP contribution in [0.4, 0.5) is 0 Å². The first kappa shape index (κ1) is 34.0. The van der Waals surface area contributed by atoms with Crippen LogP contribution in [0.5, 0.6) is 0 Å². The van der Waals surface area contributed by atoms with Crippen LogP contribution in [0.3, 0.4) is 0 Å². The van der Waals surface area contributed by atoms with Crippen LogP contribution in [0.25, 0.3) is 0 Å². The molecule has 2 aromatic carbocycles.